The number of nitrogens with zero attached hydrogens (tertiary/aromatic N) is 2. The highest BCUT2D eigenvalue weighted by molar-refractivity contribution is 7.89. The summed E-state index contributed by atoms with van der Waals surface area (Å²) in [6.45, 7) is 4.72. The Morgan fingerprint density at radius 3 is 2.34 bits per heavy atom. The summed E-state index contributed by atoms with van der Waals surface area (Å²) in [6, 6.07) is 5.91. The summed E-state index contributed by atoms with van der Waals surface area (Å²) in [7, 11) is -3.65. The number of ether oxygens (including phenoxy) is 1. The third kappa shape index (κ3) is 6.89. The van der Waals surface area contributed by atoms with Gasteiger partial charge in [-0.05, 0) is 43.5 Å². The Bertz CT molecular complexity index is 875. The van der Waals surface area contributed by atoms with Crippen LogP contribution < -0.4 is 10.6 Å². The smallest absolute Gasteiger partial charge is 0.309 e. The molecule has 2 N–H and O–H groups in total. The first-order valence-electron chi connectivity index (χ1n) is 11.0. The predicted molar refractivity (Wildman–Crippen MR) is 121 cm³/mol. The highest BCUT2D eigenvalue weighted by atomic mass is 35.5. The molecule has 178 valence electrons. The number of hydrogen-bond acceptors (Lipinski definition) is 6. The van der Waals surface area contributed by atoms with Crippen molar-refractivity contribution in [2.24, 2.45) is 0 Å². The topological polar surface area (TPSA) is 108 Å². The van der Waals surface area contributed by atoms with Gasteiger partial charge in [0.2, 0.25) is 10.0 Å². The molecule has 32 heavy (non-hydrogen) atoms. The van der Waals surface area contributed by atoms with Crippen LogP contribution in [0.4, 0.5) is 0 Å². The summed E-state index contributed by atoms with van der Waals surface area (Å²) in [5, 5.41) is 5.72. The number of nitrogens with one attached hydrogen (secondary N) is 2. The second-order valence-corrected chi connectivity index (χ2v) is 10.3. The number of piperidine rings is 1. The zero-order valence-electron chi connectivity index (χ0n) is 18.1. The van der Waals surface area contributed by atoms with Crippen LogP contribution in [0.25, 0.3) is 0 Å². The van der Waals surface area contributed by atoms with E-state index in [4.69, 9.17) is 16.3 Å². The van der Waals surface area contributed by atoms with E-state index in [2.05, 4.69) is 15.5 Å². The Morgan fingerprint density at radius 2 is 1.66 bits per heavy atom. The minimum atomic E-state index is -3.65. The van der Waals surface area contributed by atoms with Crippen LogP contribution in [0.3, 0.4) is 0 Å². The lowest BCUT2D eigenvalue weighted by molar-refractivity contribution is -0.139. The molecule has 2 aliphatic rings. The minimum absolute atomic E-state index is 0.206. The maximum atomic E-state index is 13.1. The fraction of sp³-hybridized carbons (Fsp3) is 0.619. The Balaban J connectivity index is 1.45. The van der Waals surface area contributed by atoms with Crippen LogP contribution in [0.2, 0.25) is 5.02 Å². The first-order chi connectivity index (χ1) is 15.4. The molecule has 0 aromatic heterocycles. The fourth-order valence-electron chi connectivity index (χ4n) is 3.99. The Kier molecular flexibility index (Phi) is 9.30. The van der Waals surface area contributed by atoms with Crippen LogP contribution in [-0.2, 0) is 24.3 Å². The van der Waals surface area contributed by atoms with Crippen LogP contribution in [0, 0.1) is 0 Å². The largest absolute Gasteiger partial charge is 0.379 e. The average Bonchev–Trinajstić information content (AvgIpc) is 2.80. The van der Waals surface area contributed by atoms with E-state index in [1.54, 1.807) is 12.1 Å². The predicted octanol–water partition coefficient (Wildman–Crippen LogP) is 0.838. The van der Waals surface area contributed by atoms with Crippen LogP contribution in [0.5, 0.6) is 0 Å². The van der Waals surface area contributed by atoms with Gasteiger partial charge in [-0.25, -0.2) is 8.42 Å². The van der Waals surface area contributed by atoms with Crippen LogP contribution in [0.15, 0.2) is 29.2 Å². The summed E-state index contributed by atoms with van der Waals surface area (Å²) in [5.74, 6) is -1.37. The van der Waals surface area contributed by atoms with E-state index >= 15 is 0 Å². The number of carbonyl (C=O) groups excluding carboxylic acids is 2. The van der Waals surface area contributed by atoms with Crippen molar-refractivity contribution >= 4 is 33.4 Å². The molecule has 1 aromatic rings. The lowest BCUT2D eigenvalue weighted by atomic mass is 10.0. The number of carbonyl (C=O) groups is 2. The molecule has 0 aliphatic carbocycles. The quantitative estimate of drug-likeness (QED) is 0.527. The molecule has 0 unspecified atom stereocenters. The van der Waals surface area contributed by atoms with Crippen molar-refractivity contribution in [3.63, 3.8) is 0 Å². The van der Waals surface area contributed by atoms with Gasteiger partial charge in [0.25, 0.3) is 0 Å². The van der Waals surface area contributed by atoms with Crippen molar-refractivity contribution < 1.29 is 22.7 Å². The van der Waals surface area contributed by atoms with Gasteiger partial charge < -0.3 is 15.4 Å². The number of amides is 2. The van der Waals surface area contributed by atoms with Gasteiger partial charge in [0, 0.05) is 50.3 Å². The lowest BCUT2D eigenvalue weighted by Gasteiger charge is -2.34. The zero-order valence-corrected chi connectivity index (χ0v) is 19.7. The molecule has 2 saturated heterocycles. The molecule has 2 heterocycles. The lowest BCUT2D eigenvalue weighted by Crippen LogP contribution is -2.47. The van der Waals surface area contributed by atoms with E-state index in [9.17, 15) is 18.0 Å². The third-order valence-electron chi connectivity index (χ3n) is 5.78. The molecule has 2 aliphatic heterocycles. The first kappa shape index (κ1) is 24.9. The van der Waals surface area contributed by atoms with E-state index in [1.807, 2.05) is 0 Å². The van der Waals surface area contributed by atoms with Gasteiger partial charge in [-0.2, -0.15) is 4.31 Å². The van der Waals surface area contributed by atoms with E-state index < -0.39 is 21.8 Å². The van der Waals surface area contributed by atoms with Gasteiger partial charge in [-0.15, -0.1) is 0 Å². The number of hydrogen-bond donors (Lipinski definition) is 2. The fourth-order valence-corrected chi connectivity index (χ4v) is 5.84. The van der Waals surface area contributed by atoms with Crippen LogP contribution >= 0.6 is 11.6 Å². The highest BCUT2D eigenvalue weighted by Gasteiger charge is 2.33. The normalized spacial score (nSPS) is 20.6. The summed E-state index contributed by atoms with van der Waals surface area (Å²) < 4.78 is 33.0. The van der Waals surface area contributed by atoms with E-state index in [0.717, 1.165) is 25.9 Å². The van der Waals surface area contributed by atoms with Gasteiger partial charge in [-0.1, -0.05) is 18.0 Å². The Hall–Kier alpha value is -1.72. The highest BCUT2D eigenvalue weighted by Crippen LogP contribution is 2.27. The number of sulfonamides is 1. The molecule has 2 fully saturated rings. The van der Waals surface area contributed by atoms with Crippen molar-refractivity contribution in [1.82, 2.24) is 19.8 Å². The van der Waals surface area contributed by atoms with Gasteiger partial charge in [-0.3, -0.25) is 14.5 Å². The monoisotopic (exact) mass is 486 g/mol. The number of benzene rings is 1. The van der Waals surface area contributed by atoms with Crippen LogP contribution in [-0.4, -0.2) is 88.0 Å². The molecule has 9 nitrogen and oxygen atoms in total. The van der Waals surface area contributed by atoms with E-state index in [-0.39, 0.29) is 17.5 Å². The Morgan fingerprint density at radius 1 is 1.00 bits per heavy atom. The third-order valence-corrected chi connectivity index (χ3v) is 8.00. The molecular weight excluding hydrogens is 456 g/mol. The first-order valence-corrected chi connectivity index (χ1v) is 12.8. The van der Waals surface area contributed by atoms with Crippen molar-refractivity contribution in [2.75, 3.05) is 52.5 Å². The second kappa shape index (κ2) is 11.9. The maximum Gasteiger partial charge on any atom is 0.309 e. The molecule has 0 radical (unpaired) electrons. The molecular formula is C21H31ClN4O5S. The molecule has 2 amide bonds. The van der Waals surface area contributed by atoms with E-state index in [1.165, 1.54) is 16.4 Å². The SMILES string of the molecule is O=C(NCC[C@H]1CCCCN1S(=O)(=O)c1ccc(Cl)cc1)C(=O)NCCN1CCOCC1. The molecule has 0 bridgehead atoms. The molecule has 0 saturated carbocycles. The van der Waals surface area contributed by atoms with Crippen molar-refractivity contribution in [3.05, 3.63) is 29.3 Å². The van der Waals surface area contributed by atoms with E-state index in [0.29, 0.717) is 50.7 Å². The summed E-state index contributed by atoms with van der Waals surface area (Å²) in [5.41, 5.74) is 0. The maximum absolute atomic E-state index is 13.1. The van der Waals surface area contributed by atoms with Gasteiger partial charge in [0.1, 0.15) is 0 Å². The average molecular weight is 487 g/mol. The van der Waals surface area contributed by atoms with Crippen molar-refractivity contribution in [2.45, 2.75) is 36.6 Å². The van der Waals surface area contributed by atoms with Gasteiger partial charge in [0.15, 0.2) is 0 Å². The van der Waals surface area contributed by atoms with Gasteiger partial charge in [0.05, 0.1) is 18.1 Å². The molecule has 0 spiro atoms. The molecule has 1 atom stereocenters. The Labute approximate surface area is 194 Å². The summed E-state index contributed by atoms with van der Waals surface area (Å²) in [6.07, 6.45) is 2.88. The van der Waals surface area contributed by atoms with Gasteiger partial charge >= 0.3 is 11.8 Å². The molecule has 11 heteroatoms. The number of rotatable bonds is 8. The van der Waals surface area contributed by atoms with Crippen LogP contribution in [0.1, 0.15) is 25.7 Å². The number of morpholine rings is 1. The minimum Gasteiger partial charge on any atom is -0.379 e. The molecule has 3 rings (SSSR count). The van der Waals surface area contributed by atoms with Crippen molar-refractivity contribution in [1.29, 1.82) is 0 Å². The second-order valence-electron chi connectivity index (χ2n) is 7.97. The molecule has 1 aromatic carbocycles. The zero-order chi connectivity index (χ0) is 23.0. The summed E-state index contributed by atoms with van der Waals surface area (Å²) >= 11 is 5.88. The standard InChI is InChI=1S/C21H31ClN4O5S/c22-17-4-6-19(7-5-17)32(29,30)26-11-2-1-3-18(26)8-9-23-20(27)21(28)24-10-12-25-13-15-31-16-14-25/h4-7,18H,1-3,8-16H2,(H,23,27)(H,24,28)/t18-/m1/s1. The van der Waals surface area contributed by atoms with Crippen molar-refractivity contribution in [3.8, 4) is 0 Å². The summed E-state index contributed by atoms with van der Waals surface area (Å²) in [4.78, 5) is 26.5. The number of halogens is 1.